The summed E-state index contributed by atoms with van der Waals surface area (Å²) >= 11 is 0. The molecule has 2 heterocycles. The van der Waals surface area contributed by atoms with E-state index in [2.05, 4.69) is 20.9 Å². The van der Waals surface area contributed by atoms with Gasteiger partial charge in [-0.15, -0.1) is 0 Å². The van der Waals surface area contributed by atoms with Gasteiger partial charge >= 0.3 is 30.3 Å². The lowest BCUT2D eigenvalue weighted by Crippen LogP contribution is -2.55. The van der Waals surface area contributed by atoms with Crippen LogP contribution in [-0.4, -0.2) is 95.7 Å². The maximum atomic E-state index is 13.6. The van der Waals surface area contributed by atoms with E-state index in [-0.39, 0.29) is 35.6 Å². The number of aliphatic carboxylic acids is 2. The van der Waals surface area contributed by atoms with Gasteiger partial charge in [-0.25, -0.2) is 23.2 Å². The van der Waals surface area contributed by atoms with Gasteiger partial charge in [0.05, 0.1) is 20.8 Å². The number of carboxylic acid groups (broad SMARTS) is 2. The van der Waals surface area contributed by atoms with Crippen LogP contribution in [0.4, 0.5) is 45.6 Å². The van der Waals surface area contributed by atoms with Crippen molar-refractivity contribution in [2.45, 2.75) is 62.1 Å². The van der Waals surface area contributed by atoms with E-state index >= 15 is 0 Å². The van der Waals surface area contributed by atoms with Crippen molar-refractivity contribution in [3.8, 4) is 11.5 Å². The SMILES string of the molecule is COc1ccc(C23CCC(NC(=O)Nc4ccc(F)c(F)c4)CC2N(C(=O)CNCc2ccncc2)CC3)cc1OC.O=C(O)C(F)(F)F.O=C(O)C(F)(F)F. The molecule has 5 N–H and O–H groups in total. The number of rotatable bonds is 9. The Morgan fingerprint density at radius 1 is 0.857 bits per heavy atom. The van der Waals surface area contributed by atoms with E-state index in [4.69, 9.17) is 29.3 Å². The van der Waals surface area contributed by atoms with Crippen molar-refractivity contribution in [3.05, 3.63) is 83.7 Å². The van der Waals surface area contributed by atoms with Crippen molar-refractivity contribution in [3.63, 3.8) is 0 Å². The molecule has 1 aliphatic heterocycles. The number of amides is 3. The zero-order valence-corrected chi connectivity index (χ0v) is 29.6. The molecule has 2 aliphatic rings. The minimum absolute atomic E-state index is 0.0108. The second kappa shape index (κ2) is 19.2. The summed E-state index contributed by atoms with van der Waals surface area (Å²) in [5, 5.41) is 23.1. The molecule has 13 nitrogen and oxygen atoms in total. The molecule has 3 unspecified atom stereocenters. The van der Waals surface area contributed by atoms with Crippen LogP contribution < -0.4 is 25.4 Å². The fourth-order valence-electron chi connectivity index (χ4n) is 6.30. The molecule has 3 aromatic rings. The van der Waals surface area contributed by atoms with E-state index in [9.17, 15) is 44.7 Å². The number of fused-ring (bicyclic) bond motifs is 1. The van der Waals surface area contributed by atoms with Crippen LogP contribution in [0.5, 0.6) is 11.5 Å². The first-order chi connectivity index (χ1) is 26.2. The normalized spacial score (nSPS) is 18.9. The van der Waals surface area contributed by atoms with Crippen LogP contribution in [0.1, 0.15) is 36.8 Å². The third kappa shape index (κ3) is 12.1. The summed E-state index contributed by atoms with van der Waals surface area (Å²) in [7, 11) is 3.19. The molecular formula is C35H37F8N5O8. The molecule has 1 aromatic heterocycles. The number of ether oxygens (including phenoxy) is 2. The van der Waals surface area contributed by atoms with E-state index < -0.39 is 42.0 Å². The molecule has 21 heteroatoms. The molecule has 1 saturated heterocycles. The number of hydrogen-bond donors (Lipinski definition) is 5. The van der Waals surface area contributed by atoms with Gasteiger partial charge in [0.25, 0.3) is 0 Å². The van der Waals surface area contributed by atoms with Crippen LogP contribution in [-0.2, 0) is 26.3 Å². The second-order valence-corrected chi connectivity index (χ2v) is 12.3. The highest BCUT2D eigenvalue weighted by atomic mass is 19.4. The van der Waals surface area contributed by atoms with Crippen LogP contribution in [0.3, 0.4) is 0 Å². The minimum atomic E-state index is -5.08. The Morgan fingerprint density at radius 2 is 1.46 bits per heavy atom. The molecule has 306 valence electrons. The summed E-state index contributed by atoms with van der Waals surface area (Å²) in [4.78, 5) is 50.1. The number of anilines is 1. The van der Waals surface area contributed by atoms with Gasteiger partial charge in [-0.2, -0.15) is 26.3 Å². The van der Waals surface area contributed by atoms with Crippen molar-refractivity contribution in [2.24, 2.45) is 0 Å². The smallest absolute Gasteiger partial charge is 0.490 e. The maximum absolute atomic E-state index is 13.6. The summed E-state index contributed by atoms with van der Waals surface area (Å²) in [6, 6.07) is 12.0. The highest BCUT2D eigenvalue weighted by molar-refractivity contribution is 5.89. The third-order valence-corrected chi connectivity index (χ3v) is 8.89. The Kier molecular flexibility index (Phi) is 15.3. The Labute approximate surface area is 314 Å². The minimum Gasteiger partial charge on any atom is -0.493 e. The van der Waals surface area contributed by atoms with Crippen LogP contribution in [0.25, 0.3) is 0 Å². The first kappa shape index (κ1) is 44.7. The fourth-order valence-corrected chi connectivity index (χ4v) is 6.30. The van der Waals surface area contributed by atoms with Crippen molar-refractivity contribution in [1.29, 1.82) is 0 Å². The molecule has 1 aliphatic carbocycles. The van der Waals surface area contributed by atoms with Crippen molar-refractivity contribution in [1.82, 2.24) is 20.5 Å². The summed E-state index contributed by atoms with van der Waals surface area (Å²) in [5.41, 5.74) is 1.93. The van der Waals surface area contributed by atoms with Crippen LogP contribution in [0.15, 0.2) is 60.9 Å². The van der Waals surface area contributed by atoms with E-state index in [1.807, 2.05) is 35.2 Å². The summed E-state index contributed by atoms with van der Waals surface area (Å²) in [6.45, 7) is 1.31. The lowest BCUT2D eigenvalue weighted by Gasteiger charge is -2.45. The lowest BCUT2D eigenvalue weighted by molar-refractivity contribution is -0.193. The number of benzene rings is 2. The predicted octanol–water partition coefficient (Wildman–Crippen LogP) is 5.65. The number of carboxylic acids is 2. The number of urea groups is 1. The number of nitrogens with zero attached hydrogens (tertiary/aromatic N) is 2. The zero-order valence-electron chi connectivity index (χ0n) is 29.6. The maximum Gasteiger partial charge on any atom is 0.490 e. The number of halogens is 8. The lowest BCUT2D eigenvalue weighted by atomic mass is 9.65. The van der Waals surface area contributed by atoms with E-state index in [1.54, 1.807) is 26.6 Å². The number of carbonyl (C=O) groups is 4. The predicted molar refractivity (Wildman–Crippen MR) is 181 cm³/mol. The highest BCUT2D eigenvalue weighted by Gasteiger charge is 2.53. The number of likely N-dealkylation sites (tertiary alicyclic amines) is 1. The van der Waals surface area contributed by atoms with Gasteiger partial charge in [-0.1, -0.05) is 6.07 Å². The summed E-state index contributed by atoms with van der Waals surface area (Å²) in [5.74, 6) is -6.30. The molecule has 2 aromatic carbocycles. The van der Waals surface area contributed by atoms with Crippen molar-refractivity contribution in [2.75, 3.05) is 32.6 Å². The summed E-state index contributed by atoms with van der Waals surface area (Å²) in [6.07, 6.45) is -4.01. The fraction of sp³-hybridized carbons (Fsp3) is 0.400. The van der Waals surface area contributed by atoms with Gasteiger partial charge in [0.15, 0.2) is 23.1 Å². The van der Waals surface area contributed by atoms with Crippen molar-refractivity contribution < 1.29 is 74.0 Å². The molecule has 0 spiro atoms. The summed E-state index contributed by atoms with van der Waals surface area (Å²) < 4.78 is 101. The van der Waals surface area contributed by atoms with Gasteiger partial charge in [0, 0.05) is 54.7 Å². The average Bonchev–Trinajstić information content (AvgIpc) is 3.53. The number of methoxy groups -OCH3 is 2. The number of alkyl halides is 6. The quantitative estimate of drug-likeness (QED) is 0.170. The first-order valence-corrected chi connectivity index (χ1v) is 16.5. The van der Waals surface area contributed by atoms with Crippen LogP contribution in [0, 0.1) is 11.6 Å². The molecule has 2 fully saturated rings. The Bertz CT molecular complexity index is 1810. The number of carbonyl (C=O) groups excluding carboxylic acids is 2. The van der Waals surface area contributed by atoms with Crippen LogP contribution in [0.2, 0.25) is 0 Å². The van der Waals surface area contributed by atoms with E-state index in [0.717, 1.165) is 36.1 Å². The molecule has 3 atom stereocenters. The number of aromatic nitrogens is 1. The van der Waals surface area contributed by atoms with Crippen molar-refractivity contribution >= 4 is 29.6 Å². The highest BCUT2D eigenvalue weighted by Crippen LogP contribution is 2.50. The number of pyridine rings is 1. The first-order valence-electron chi connectivity index (χ1n) is 16.5. The molecule has 1 saturated carbocycles. The number of nitrogens with one attached hydrogen (secondary N) is 3. The molecule has 5 rings (SSSR count). The van der Waals surface area contributed by atoms with Crippen LogP contribution >= 0.6 is 0 Å². The standard InChI is InChI=1S/C31H35F2N5O4.2C2HF3O2/c1-41-26-6-3-21(15-27(26)42-2)31-10-7-23(37-30(40)36-22-4-5-24(32)25(33)16-22)17-28(31)38(14-11-31)29(39)19-35-18-20-8-12-34-13-9-20;2*3-2(4,5)1(6)7/h3-6,8-9,12-13,15-16,23,28,35H,7,10-11,14,17-19H2,1-2H3,(H2,36,37,40);2*(H,6,7). The number of hydrogen-bond acceptors (Lipinski definition) is 8. The monoisotopic (exact) mass is 807 g/mol. The second-order valence-electron chi connectivity index (χ2n) is 12.3. The van der Waals surface area contributed by atoms with Gasteiger partial charge in [-0.05, 0) is 73.2 Å². The van der Waals surface area contributed by atoms with E-state index in [1.165, 1.54) is 6.07 Å². The molecule has 3 amide bonds. The molecule has 0 bridgehead atoms. The van der Waals surface area contributed by atoms with Gasteiger partial charge in [-0.3, -0.25) is 9.78 Å². The Hall–Kier alpha value is -5.73. The Morgan fingerprint density at radius 3 is 2.02 bits per heavy atom. The third-order valence-electron chi connectivity index (χ3n) is 8.89. The Balaban J connectivity index is 0.000000512. The largest absolute Gasteiger partial charge is 0.493 e. The molecule has 0 radical (unpaired) electrons. The van der Waals surface area contributed by atoms with Gasteiger partial charge < -0.3 is 40.5 Å². The van der Waals surface area contributed by atoms with Gasteiger partial charge in [0.2, 0.25) is 5.91 Å². The zero-order chi connectivity index (χ0) is 41.8. The topological polar surface area (TPSA) is 179 Å². The molecular weight excluding hydrogens is 770 g/mol. The van der Waals surface area contributed by atoms with Gasteiger partial charge in [0.1, 0.15) is 0 Å². The average molecular weight is 808 g/mol. The molecule has 56 heavy (non-hydrogen) atoms. The van der Waals surface area contributed by atoms with E-state index in [0.29, 0.717) is 37.4 Å².